The van der Waals surface area contributed by atoms with Gasteiger partial charge in [-0.3, -0.25) is 14.3 Å². The van der Waals surface area contributed by atoms with Crippen molar-refractivity contribution in [2.24, 2.45) is 0 Å². The van der Waals surface area contributed by atoms with Crippen LogP contribution in [0.2, 0.25) is 0 Å². The number of amides is 1. The fourth-order valence-electron chi connectivity index (χ4n) is 2.84. The number of likely N-dealkylation sites (N-methyl/N-ethyl adjacent to an activating group) is 1. The van der Waals surface area contributed by atoms with Crippen molar-refractivity contribution in [1.29, 1.82) is 0 Å². The van der Waals surface area contributed by atoms with Crippen LogP contribution in [0.3, 0.4) is 0 Å². The lowest BCUT2D eigenvalue weighted by molar-refractivity contribution is 0.141. The average molecular weight is 343 g/mol. The molecule has 0 radical (unpaired) electrons. The summed E-state index contributed by atoms with van der Waals surface area (Å²) in [6.07, 6.45) is 1.09. The summed E-state index contributed by atoms with van der Waals surface area (Å²) in [5.41, 5.74) is 1.18. The van der Waals surface area contributed by atoms with E-state index in [1.807, 2.05) is 14.0 Å². The van der Waals surface area contributed by atoms with Gasteiger partial charge in [-0.1, -0.05) is 6.07 Å². The topological polar surface area (TPSA) is 72.8 Å². The first-order valence-electron chi connectivity index (χ1n) is 8.21. The summed E-state index contributed by atoms with van der Waals surface area (Å²) in [5, 5.41) is 3.01. The van der Waals surface area contributed by atoms with Crippen LogP contribution in [0.15, 0.2) is 47.4 Å². The van der Waals surface area contributed by atoms with Crippen LogP contribution in [-0.2, 0) is 4.74 Å². The first-order valence-corrected chi connectivity index (χ1v) is 8.21. The highest BCUT2D eigenvalue weighted by Gasteiger charge is 2.33. The molecule has 2 aromatic rings. The molecule has 0 spiro atoms. The number of cyclic esters (lactones) is 1. The lowest BCUT2D eigenvalue weighted by Crippen LogP contribution is -2.29. The first-order chi connectivity index (χ1) is 12.1. The zero-order valence-electron chi connectivity index (χ0n) is 14.3. The second-order valence-corrected chi connectivity index (χ2v) is 5.67. The molecule has 0 saturated carbocycles. The van der Waals surface area contributed by atoms with Gasteiger partial charge >= 0.3 is 6.09 Å². The number of anilines is 1. The predicted molar refractivity (Wildman–Crippen MR) is 94.7 cm³/mol. The Morgan fingerprint density at radius 1 is 1.28 bits per heavy atom. The van der Waals surface area contributed by atoms with E-state index < -0.39 is 6.09 Å². The highest BCUT2D eigenvalue weighted by Crippen LogP contribution is 2.33. The smallest absolute Gasteiger partial charge is 0.414 e. The van der Waals surface area contributed by atoms with E-state index in [1.165, 1.54) is 10.6 Å². The number of hydrogen-bond donors (Lipinski definition) is 1. The minimum Gasteiger partial charge on any atom is -0.492 e. The molecular formula is C18H21N3O4. The van der Waals surface area contributed by atoms with Crippen LogP contribution in [-0.4, -0.2) is 43.5 Å². The third-order valence-corrected chi connectivity index (χ3v) is 3.94. The van der Waals surface area contributed by atoms with Gasteiger partial charge in [0.1, 0.15) is 11.9 Å². The van der Waals surface area contributed by atoms with Crippen LogP contribution >= 0.6 is 0 Å². The van der Waals surface area contributed by atoms with Crippen LogP contribution in [0.1, 0.15) is 6.92 Å². The molecule has 0 aliphatic carbocycles. The molecular weight excluding hydrogens is 322 g/mol. The predicted octanol–water partition coefficient (Wildman–Crippen LogP) is 1.78. The third-order valence-electron chi connectivity index (χ3n) is 3.94. The number of aromatic nitrogens is 1. The average Bonchev–Trinajstić information content (AvgIpc) is 2.96. The molecule has 1 atom stereocenters. The quantitative estimate of drug-likeness (QED) is 0.866. The molecule has 1 amide bonds. The third kappa shape index (κ3) is 3.51. The van der Waals surface area contributed by atoms with Gasteiger partial charge < -0.3 is 14.8 Å². The van der Waals surface area contributed by atoms with Gasteiger partial charge in [-0.2, -0.15) is 0 Å². The van der Waals surface area contributed by atoms with Crippen LogP contribution < -0.4 is 20.5 Å². The molecule has 132 valence electrons. The van der Waals surface area contributed by atoms with Gasteiger partial charge in [0.15, 0.2) is 0 Å². The van der Waals surface area contributed by atoms with E-state index in [2.05, 4.69) is 5.32 Å². The van der Waals surface area contributed by atoms with Gasteiger partial charge in [0.05, 0.1) is 24.5 Å². The maximum absolute atomic E-state index is 12.2. The van der Waals surface area contributed by atoms with Crippen molar-refractivity contribution in [2.45, 2.75) is 13.0 Å². The molecule has 25 heavy (non-hydrogen) atoms. The number of carbonyl (C=O) groups is 1. The van der Waals surface area contributed by atoms with Gasteiger partial charge in [-0.05, 0) is 32.2 Å². The lowest BCUT2D eigenvalue weighted by atomic mass is 10.2. The first kappa shape index (κ1) is 17.0. The SMILES string of the molecule is CCOc1cc(-n2ccccc2=O)ccc1N1C[C@H](CNC)OC1=O. The lowest BCUT2D eigenvalue weighted by Gasteiger charge is -2.19. The summed E-state index contributed by atoms with van der Waals surface area (Å²) in [4.78, 5) is 25.8. The Morgan fingerprint density at radius 2 is 2.12 bits per heavy atom. The van der Waals surface area contributed by atoms with Crippen molar-refractivity contribution < 1.29 is 14.3 Å². The summed E-state index contributed by atoms with van der Waals surface area (Å²) in [6.45, 7) is 3.36. The highest BCUT2D eigenvalue weighted by molar-refractivity contribution is 5.92. The van der Waals surface area contributed by atoms with E-state index in [4.69, 9.17) is 9.47 Å². The molecule has 7 nitrogen and oxygen atoms in total. The number of rotatable bonds is 6. The minimum absolute atomic E-state index is 0.132. The van der Waals surface area contributed by atoms with E-state index in [0.29, 0.717) is 36.8 Å². The molecule has 0 unspecified atom stereocenters. The van der Waals surface area contributed by atoms with Gasteiger partial charge in [0.25, 0.3) is 5.56 Å². The van der Waals surface area contributed by atoms with Gasteiger partial charge in [0, 0.05) is 24.9 Å². The molecule has 1 aromatic heterocycles. The fraction of sp³-hybridized carbons (Fsp3) is 0.333. The fourth-order valence-corrected chi connectivity index (χ4v) is 2.84. The van der Waals surface area contributed by atoms with Crippen molar-refractivity contribution in [3.8, 4) is 11.4 Å². The van der Waals surface area contributed by atoms with Crippen molar-refractivity contribution in [1.82, 2.24) is 9.88 Å². The van der Waals surface area contributed by atoms with Gasteiger partial charge in [-0.15, -0.1) is 0 Å². The minimum atomic E-state index is -0.397. The second kappa shape index (κ2) is 7.40. The Morgan fingerprint density at radius 3 is 2.84 bits per heavy atom. The number of benzene rings is 1. The summed E-state index contributed by atoms with van der Waals surface area (Å²) in [6, 6.07) is 10.3. The van der Waals surface area contributed by atoms with Crippen molar-refractivity contribution in [3.05, 3.63) is 52.9 Å². The largest absolute Gasteiger partial charge is 0.492 e. The zero-order valence-corrected chi connectivity index (χ0v) is 14.3. The summed E-state index contributed by atoms with van der Waals surface area (Å²) >= 11 is 0. The molecule has 0 bridgehead atoms. The Labute approximate surface area is 145 Å². The normalized spacial score (nSPS) is 16.8. The molecule has 1 aliphatic rings. The van der Waals surface area contributed by atoms with E-state index >= 15 is 0 Å². The molecule has 1 aliphatic heterocycles. The van der Waals surface area contributed by atoms with E-state index in [9.17, 15) is 9.59 Å². The number of nitrogens with zero attached hydrogens (tertiary/aromatic N) is 2. The number of carbonyl (C=O) groups excluding carboxylic acids is 1. The molecule has 3 rings (SSSR count). The molecule has 7 heteroatoms. The molecule has 2 heterocycles. The monoisotopic (exact) mass is 343 g/mol. The maximum atomic E-state index is 12.2. The second-order valence-electron chi connectivity index (χ2n) is 5.67. The maximum Gasteiger partial charge on any atom is 0.414 e. The highest BCUT2D eigenvalue weighted by atomic mass is 16.6. The van der Waals surface area contributed by atoms with Crippen LogP contribution in [0.25, 0.3) is 5.69 Å². The van der Waals surface area contributed by atoms with Crippen LogP contribution in [0.5, 0.6) is 5.75 Å². The Hall–Kier alpha value is -2.80. The van der Waals surface area contributed by atoms with Crippen LogP contribution in [0, 0.1) is 0 Å². The molecule has 1 aromatic carbocycles. The van der Waals surface area contributed by atoms with Gasteiger partial charge in [-0.25, -0.2) is 4.79 Å². The molecule has 1 fully saturated rings. The number of nitrogens with one attached hydrogen (secondary N) is 1. The Balaban J connectivity index is 1.97. The summed E-state index contributed by atoms with van der Waals surface area (Å²) < 4.78 is 12.6. The van der Waals surface area contributed by atoms with E-state index in [1.54, 1.807) is 41.4 Å². The van der Waals surface area contributed by atoms with Crippen LogP contribution in [0.4, 0.5) is 10.5 Å². The Bertz CT molecular complexity index is 818. The standard InChI is InChI=1S/C18H21N3O4/c1-3-24-16-10-13(20-9-5-4-6-17(20)22)7-8-15(16)21-12-14(11-19-2)25-18(21)23/h4-10,14,19H,3,11-12H2,1-2H3/t14-/m0/s1. The number of hydrogen-bond acceptors (Lipinski definition) is 5. The van der Waals surface area contributed by atoms with E-state index in [0.717, 1.165) is 0 Å². The summed E-state index contributed by atoms with van der Waals surface area (Å²) in [5.74, 6) is 0.540. The van der Waals surface area contributed by atoms with Crippen molar-refractivity contribution >= 4 is 11.8 Å². The van der Waals surface area contributed by atoms with Crippen molar-refractivity contribution in [3.63, 3.8) is 0 Å². The van der Waals surface area contributed by atoms with E-state index in [-0.39, 0.29) is 11.7 Å². The molecule has 1 saturated heterocycles. The number of ether oxygens (including phenoxy) is 2. The Kier molecular flexibility index (Phi) is 5.04. The molecule has 1 N–H and O–H groups in total. The number of pyridine rings is 1. The van der Waals surface area contributed by atoms with Gasteiger partial charge in [0.2, 0.25) is 0 Å². The zero-order chi connectivity index (χ0) is 17.8. The summed E-state index contributed by atoms with van der Waals surface area (Å²) in [7, 11) is 1.81. The van der Waals surface area contributed by atoms with Crippen molar-refractivity contribution in [2.75, 3.05) is 31.6 Å².